The largest absolute Gasteiger partial charge is 0.471 e. The molecule has 0 spiro atoms. The standard InChI is InChI=1S/C24H18BrNO/c25-19-13-10-18(11-14-19)24-26-23(17-7-2-1-3-8-17)22-20-9-5-4-6-16(20)12-15-21(22)27-24/h1-15,23-24,26H/t23-,24-/m0/s1. The van der Waals surface area contributed by atoms with Crippen molar-refractivity contribution in [3.05, 3.63) is 112 Å². The highest BCUT2D eigenvalue weighted by atomic mass is 79.9. The lowest BCUT2D eigenvalue weighted by atomic mass is 9.91. The maximum Gasteiger partial charge on any atom is 0.177 e. The molecule has 2 nitrogen and oxygen atoms in total. The molecule has 4 aromatic carbocycles. The van der Waals surface area contributed by atoms with Gasteiger partial charge in [-0.05, 0) is 34.5 Å². The van der Waals surface area contributed by atoms with Crippen molar-refractivity contribution in [1.82, 2.24) is 5.32 Å². The smallest absolute Gasteiger partial charge is 0.177 e. The number of ether oxygens (including phenoxy) is 1. The van der Waals surface area contributed by atoms with E-state index in [1.807, 2.05) is 12.1 Å². The fourth-order valence-corrected chi connectivity index (χ4v) is 4.05. The average molecular weight is 416 g/mol. The predicted molar refractivity (Wildman–Crippen MR) is 113 cm³/mol. The van der Waals surface area contributed by atoms with Gasteiger partial charge in [0, 0.05) is 15.6 Å². The van der Waals surface area contributed by atoms with Crippen molar-refractivity contribution in [1.29, 1.82) is 0 Å². The van der Waals surface area contributed by atoms with Crippen molar-refractivity contribution in [2.45, 2.75) is 12.3 Å². The molecule has 0 unspecified atom stereocenters. The van der Waals surface area contributed by atoms with Crippen LogP contribution in [0.3, 0.4) is 0 Å². The van der Waals surface area contributed by atoms with Crippen LogP contribution in [0.15, 0.2) is 95.5 Å². The topological polar surface area (TPSA) is 21.3 Å². The van der Waals surface area contributed by atoms with Gasteiger partial charge in [-0.1, -0.05) is 88.7 Å². The van der Waals surface area contributed by atoms with Crippen LogP contribution in [0.5, 0.6) is 5.75 Å². The predicted octanol–water partition coefficient (Wildman–Crippen LogP) is 6.37. The summed E-state index contributed by atoms with van der Waals surface area (Å²) in [5.41, 5.74) is 3.55. The summed E-state index contributed by atoms with van der Waals surface area (Å²) in [5.74, 6) is 0.939. The number of halogens is 1. The Balaban J connectivity index is 1.68. The van der Waals surface area contributed by atoms with Gasteiger partial charge in [0.15, 0.2) is 6.23 Å². The summed E-state index contributed by atoms with van der Waals surface area (Å²) >= 11 is 3.51. The fraction of sp³-hybridized carbons (Fsp3) is 0.0833. The van der Waals surface area contributed by atoms with Crippen molar-refractivity contribution < 1.29 is 4.74 Å². The van der Waals surface area contributed by atoms with Crippen LogP contribution in [0, 0.1) is 0 Å². The van der Waals surface area contributed by atoms with Gasteiger partial charge in [0.1, 0.15) is 5.75 Å². The zero-order chi connectivity index (χ0) is 18.2. The zero-order valence-electron chi connectivity index (χ0n) is 14.6. The molecule has 132 valence electrons. The van der Waals surface area contributed by atoms with E-state index in [0.29, 0.717) is 0 Å². The van der Waals surface area contributed by atoms with Gasteiger partial charge in [0.2, 0.25) is 0 Å². The lowest BCUT2D eigenvalue weighted by Gasteiger charge is -2.35. The molecule has 0 aliphatic carbocycles. The van der Waals surface area contributed by atoms with E-state index in [1.165, 1.54) is 21.9 Å². The lowest BCUT2D eigenvalue weighted by molar-refractivity contribution is 0.134. The van der Waals surface area contributed by atoms with Crippen molar-refractivity contribution in [3.63, 3.8) is 0 Å². The van der Waals surface area contributed by atoms with Gasteiger partial charge in [-0.25, -0.2) is 0 Å². The Labute approximate surface area is 166 Å². The summed E-state index contributed by atoms with van der Waals surface area (Å²) < 4.78 is 7.45. The third kappa shape index (κ3) is 3.03. The molecule has 0 aromatic heterocycles. The molecule has 0 saturated heterocycles. The van der Waals surface area contributed by atoms with Crippen LogP contribution < -0.4 is 10.1 Å². The SMILES string of the molecule is Brc1ccc([C@H]2N[C@@H](c3ccccc3)c3c(ccc4ccccc34)O2)cc1. The Bertz CT molecular complexity index is 1090. The Morgan fingerprint density at radius 2 is 1.44 bits per heavy atom. The summed E-state index contributed by atoms with van der Waals surface area (Å²) in [6, 6.07) is 31.7. The van der Waals surface area contributed by atoms with Crippen LogP contribution in [0.2, 0.25) is 0 Å². The molecule has 1 aliphatic rings. The quantitative estimate of drug-likeness (QED) is 0.410. The average Bonchev–Trinajstić information content (AvgIpc) is 2.74. The molecule has 27 heavy (non-hydrogen) atoms. The monoisotopic (exact) mass is 415 g/mol. The molecule has 3 heteroatoms. The summed E-state index contributed by atoms with van der Waals surface area (Å²) in [4.78, 5) is 0. The number of hydrogen-bond acceptors (Lipinski definition) is 2. The first-order chi connectivity index (χ1) is 13.3. The zero-order valence-corrected chi connectivity index (χ0v) is 16.2. The number of benzene rings is 4. The molecule has 0 saturated carbocycles. The highest BCUT2D eigenvalue weighted by Crippen LogP contribution is 2.42. The van der Waals surface area contributed by atoms with Crippen LogP contribution in [0.25, 0.3) is 10.8 Å². The van der Waals surface area contributed by atoms with E-state index >= 15 is 0 Å². The Morgan fingerprint density at radius 3 is 2.26 bits per heavy atom. The van der Waals surface area contributed by atoms with Crippen molar-refractivity contribution in [2.24, 2.45) is 0 Å². The van der Waals surface area contributed by atoms with E-state index in [2.05, 4.69) is 100 Å². The highest BCUT2D eigenvalue weighted by molar-refractivity contribution is 9.10. The Kier molecular flexibility index (Phi) is 4.19. The van der Waals surface area contributed by atoms with Gasteiger partial charge in [-0.3, -0.25) is 5.32 Å². The summed E-state index contributed by atoms with van der Waals surface area (Å²) in [6.45, 7) is 0. The molecule has 0 amide bonds. The second kappa shape index (κ2) is 6.84. The number of fused-ring (bicyclic) bond motifs is 3. The van der Waals surface area contributed by atoms with E-state index < -0.39 is 0 Å². The number of nitrogens with one attached hydrogen (secondary N) is 1. The molecule has 1 aliphatic heterocycles. The van der Waals surface area contributed by atoms with Crippen LogP contribution in [0.1, 0.15) is 29.0 Å². The van der Waals surface area contributed by atoms with Crippen LogP contribution in [-0.4, -0.2) is 0 Å². The molecule has 0 bridgehead atoms. The summed E-state index contributed by atoms with van der Waals surface area (Å²) in [7, 11) is 0. The second-order valence-corrected chi connectivity index (χ2v) is 7.67. The lowest BCUT2D eigenvalue weighted by Crippen LogP contribution is -2.35. The van der Waals surface area contributed by atoms with E-state index in [9.17, 15) is 0 Å². The molecule has 1 heterocycles. The Morgan fingerprint density at radius 1 is 0.704 bits per heavy atom. The van der Waals surface area contributed by atoms with Gasteiger partial charge in [0.05, 0.1) is 6.04 Å². The molecule has 0 radical (unpaired) electrons. The van der Waals surface area contributed by atoms with Crippen molar-refractivity contribution in [3.8, 4) is 5.75 Å². The van der Waals surface area contributed by atoms with Gasteiger partial charge in [-0.2, -0.15) is 0 Å². The molecule has 0 fully saturated rings. The van der Waals surface area contributed by atoms with Gasteiger partial charge in [0.25, 0.3) is 0 Å². The first-order valence-electron chi connectivity index (χ1n) is 9.04. The molecule has 1 N–H and O–H groups in total. The molecular formula is C24H18BrNO. The number of rotatable bonds is 2. The highest BCUT2D eigenvalue weighted by Gasteiger charge is 2.31. The number of hydrogen-bond donors (Lipinski definition) is 1. The van der Waals surface area contributed by atoms with Crippen molar-refractivity contribution >= 4 is 26.7 Å². The van der Waals surface area contributed by atoms with Crippen LogP contribution in [0.4, 0.5) is 0 Å². The maximum atomic E-state index is 6.39. The molecule has 4 aromatic rings. The minimum Gasteiger partial charge on any atom is -0.471 e. The van der Waals surface area contributed by atoms with E-state index in [-0.39, 0.29) is 12.3 Å². The van der Waals surface area contributed by atoms with E-state index in [0.717, 1.165) is 15.8 Å². The van der Waals surface area contributed by atoms with Crippen LogP contribution in [-0.2, 0) is 0 Å². The minimum absolute atomic E-state index is 0.0645. The van der Waals surface area contributed by atoms with Crippen molar-refractivity contribution in [2.75, 3.05) is 0 Å². The third-order valence-corrected chi connectivity index (χ3v) is 5.62. The van der Waals surface area contributed by atoms with Gasteiger partial charge >= 0.3 is 0 Å². The fourth-order valence-electron chi connectivity index (χ4n) is 3.78. The van der Waals surface area contributed by atoms with Gasteiger partial charge in [-0.15, -0.1) is 0 Å². The first kappa shape index (κ1) is 16.5. The molecular weight excluding hydrogens is 398 g/mol. The molecule has 2 atom stereocenters. The second-order valence-electron chi connectivity index (χ2n) is 6.76. The summed E-state index contributed by atoms with van der Waals surface area (Å²) in [6.07, 6.45) is -0.197. The normalized spacial score (nSPS) is 18.7. The summed E-state index contributed by atoms with van der Waals surface area (Å²) in [5, 5.41) is 6.17. The van der Waals surface area contributed by atoms with E-state index in [1.54, 1.807) is 0 Å². The van der Waals surface area contributed by atoms with Gasteiger partial charge < -0.3 is 4.74 Å². The van der Waals surface area contributed by atoms with Crippen LogP contribution >= 0.6 is 15.9 Å². The first-order valence-corrected chi connectivity index (χ1v) is 9.84. The van der Waals surface area contributed by atoms with E-state index in [4.69, 9.17) is 4.74 Å². The maximum absolute atomic E-state index is 6.39. The minimum atomic E-state index is -0.197. The molecule has 5 rings (SSSR count). The third-order valence-electron chi connectivity index (χ3n) is 5.09. The Hall–Kier alpha value is -2.62.